The number of nitrogens with zero attached hydrogens (tertiary/aromatic N) is 1. The fourth-order valence-corrected chi connectivity index (χ4v) is 2.96. The number of carboxylic acid groups (broad SMARTS) is 1. The van der Waals surface area contributed by atoms with Gasteiger partial charge >= 0.3 is 5.97 Å². The van der Waals surface area contributed by atoms with E-state index in [0.29, 0.717) is 5.56 Å². The van der Waals surface area contributed by atoms with E-state index >= 15 is 0 Å². The smallest absolute Gasteiger partial charge is 0.328 e. The highest BCUT2D eigenvalue weighted by atomic mass is 16.4. The first kappa shape index (κ1) is 16.0. The molecule has 0 bridgehead atoms. The standard InChI is InChI=1S/C20H19NO3/c1-12(2)18(20(23)24)21-11-17-15-9-4-3-7-13(15)14-8-5-6-10-16(14)19(17)22/h3-12,18,22H,1-2H3,(H,23,24)/t18-/m0/s1. The average Bonchev–Trinajstić information content (AvgIpc) is 2.57. The van der Waals surface area contributed by atoms with E-state index in [1.165, 1.54) is 6.21 Å². The third-order valence-corrected chi connectivity index (χ3v) is 4.19. The molecule has 1 atom stereocenters. The number of carbonyl (C=O) groups is 1. The molecule has 4 nitrogen and oxygen atoms in total. The number of aliphatic carboxylic acids is 1. The van der Waals surface area contributed by atoms with Crippen LogP contribution in [0.2, 0.25) is 0 Å². The van der Waals surface area contributed by atoms with Gasteiger partial charge in [-0.2, -0.15) is 0 Å². The van der Waals surface area contributed by atoms with Crippen LogP contribution in [-0.4, -0.2) is 28.4 Å². The van der Waals surface area contributed by atoms with Crippen LogP contribution in [0.4, 0.5) is 0 Å². The predicted octanol–water partition coefficient (Wildman–Crippen LogP) is 4.23. The van der Waals surface area contributed by atoms with E-state index in [2.05, 4.69) is 4.99 Å². The molecule has 0 saturated heterocycles. The molecule has 0 heterocycles. The van der Waals surface area contributed by atoms with E-state index in [1.807, 2.05) is 62.4 Å². The largest absolute Gasteiger partial charge is 0.507 e. The van der Waals surface area contributed by atoms with Gasteiger partial charge < -0.3 is 10.2 Å². The van der Waals surface area contributed by atoms with Crippen molar-refractivity contribution in [1.29, 1.82) is 0 Å². The Morgan fingerprint density at radius 3 is 2.00 bits per heavy atom. The van der Waals surface area contributed by atoms with Crippen LogP contribution >= 0.6 is 0 Å². The zero-order chi connectivity index (χ0) is 17.3. The fraction of sp³-hybridized carbons (Fsp3) is 0.200. The second-order valence-corrected chi connectivity index (χ2v) is 6.16. The Labute approximate surface area is 140 Å². The van der Waals surface area contributed by atoms with Gasteiger partial charge in [0.25, 0.3) is 0 Å². The normalized spacial score (nSPS) is 13.1. The first-order valence-corrected chi connectivity index (χ1v) is 7.89. The fourth-order valence-electron chi connectivity index (χ4n) is 2.96. The van der Waals surface area contributed by atoms with Crippen molar-refractivity contribution in [3.05, 3.63) is 54.1 Å². The molecule has 122 valence electrons. The lowest BCUT2D eigenvalue weighted by atomic mass is 9.96. The van der Waals surface area contributed by atoms with Gasteiger partial charge in [0.1, 0.15) is 11.8 Å². The number of carboxylic acids is 1. The van der Waals surface area contributed by atoms with Crippen LogP contribution in [0.15, 0.2) is 53.5 Å². The third kappa shape index (κ3) is 2.71. The van der Waals surface area contributed by atoms with Crippen molar-refractivity contribution >= 4 is 33.7 Å². The molecule has 0 amide bonds. The van der Waals surface area contributed by atoms with Gasteiger partial charge in [-0.05, 0) is 22.1 Å². The molecule has 0 aliphatic heterocycles. The molecule has 0 aromatic heterocycles. The number of rotatable bonds is 4. The number of phenolic OH excluding ortho intramolecular Hbond substituents is 1. The van der Waals surface area contributed by atoms with E-state index in [4.69, 9.17) is 0 Å². The predicted molar refractivity (Wildman–Crippen MR) is 97.0 cm³/mol. The van der Waals surface area contributed by atoms with Gasteiger partial charge in [0.15, 0.2) is 0 Å². The summed E-state index contributed by atoms with van der Waals surface area (Å²) in [6, 6.07) is 14.5. The minimum atomic E-state index is -0.967. The summed E-state index contributed by atoms with van der Waals surface area (Å²) in [6.07, 6.45) is 1.49. The molecule has 0 fully saturated rings. The maximum Gasteiger partial charge on any atom is 0.328 e. The minimum Gasteiger partial charge on any atom is -0.507 e. The first-order valence-electron chi connectivity index (χ1n) is 7.89. The average molecular weight is 321 g/mol. The van der Waals surface area contributed by atoms with Crippen molar-refractivity contribution < 1.29 is 15.0 Å². The zero-order valence-electron chi connectivity index (χ0n) is 13.6. The summed E-state index contributed by atoms with van der Waals surface area (Å²) in [4.78, 5) is 15.6. The van der Waals surface area contributed by atoms with Crippen LogP contribution in [0.5, 0.6) is 5.75 Å². The van der Waals surface area contributed by atoms with Crippen LogP contribution < -0.4 is 0 Å². The van der Waals surface area contributed by atoms with E-state index in [-0.39, 0.29) is 11.7 Å². The minimum absolute atomic E-state index is 0.126. The van der Waals surface area contributed by atoms with Crippen molar-refractivity contribution in [3.8, 4) is 5.75 Å². The molecule has 0 radical (unpaired) electrons. The molecule has 3 rings (SSSR count). The number of hydrogen-bond donors (Lipinski definition) is 2. The van der Waals surface area contributed by atoms with Gasteiger partial charge in [0.05, 0.1) is 0 Å². The molecule has 0 spiro atoms. The Balaban J connectivity index is 2.26. The number of fused-ring (bicyclic) bond motifs is 3. The highest BCUT2D eigenvalue weighted by molar-refractivity contribution is 6.17. The SMILES string of the molecule is CC(C)[C@H](N=Cc1c(O)c2ccccc2c2ccccc12)C(=O)O. The summed E-state index contributed by atoms with van der Waals surface area (Å²) in [5, 5.41) is 23.5. The quantitative estimate of drug-likeness (QED) is 0.558. The second-order valence-electron chi connectivity index (χ2n) is 6.16. The summed E-state index contributed by atoms with van der Waals surface area (Å²) >= 11 is 0. The zero-order valence-corrected chi connectivity index (χ0v) is 13.6. The van der Waals surface area contributed by atoms with Crippen LogP contribution in [0.1, 0.15) is 19.4 Å². The molecule has 0 aliphatic carbocycles. The second kappa shape index (κ2) is 6.32. The van der Waals surface area contributed by atoms with Crippen molar-refractivity contribution in [2.24, 2.45) is 10.9 Å². The summed E-state index contributed by atoms with van der Waals surface area (Å²) in [7, 11) is 0. The molecule has 24 heavy (non-hydrogen) atoms. The lowest BCUT2D eigenvalue weighted by molar-refractivity contribution is -0.139. The van der Waals surface area contributed by atoms with Crippen LogP contribution in [0.3, 0.4) is 0 Å². The number of hydrogen-bond acceptors (Lipinski definition) is 3. The van der Waals surface area contributed by atoms with Gasteiger partial charge in [0.2, 0.25) is 0 Å². The Morgan fingerprint density at radius 2 is 1.46 bits per heavy atom. The highest BCUT2D eigenvalue weighted by Gasteiger charge is 2.20. The van der Waals surface area contributed by atoms with Gasteiger partial charge in [0, 0.05) is 17.2 Å². The summed E-state index contributed by atoms with van der Waals surface area (Å²) in [5.41, 5.74) is 0.552. The molecule has 0 saturated carbocycles. The molecule has 2 N–H and O–H groups in total. The maximum atomic E-state index is 11.3. The van der Waals surface area contributed by atoms with Crippen molar-refractivity contribution in [2.45, 2.75) is 19.9 Å². The molecular weight excluding hydrogens is 302 g/mol. The van der Waals surface area contributed by atoms with Crippen LogP contribution in [0, 0.1) is 5.92 Å². The molecule has 0 aliphatic rings. The Hall–Kier alpha value is -2.88. The number of aliphatic imine (C=N–C) groups is 1. The van der Waals surface area contributed by atoms with Crippen molar-refractivity contribution in [3.63, 3.8) is 0 Å². The monoisotopic (exact) mass is 321 g/mol. The highest BCUT2D eigenvalue weighted by Crippen LogP contribution is 2.36. The van der Waals surface area contributed by atoms with E-state index < -0.39 is 12.0 Å². The third-order valence-electron chi connectivity index (χ3n) is 4.19. The number of aromatic hydroxyl groups is 1. The topological polar surface area (TPSA) is 69.9 Å². The first-order chi connectivity index (χ1) is 11.5. The Kier molecular flexibility index (Phi) is 4.21. The molecule has 4 heteroatoms. The Morgan fingerprint density at radius 1 is 0.958 bits per heavy atom. The van der Waals surface area contributed by atoms with Crippen molar-refractivity contribution in [2.75, 3.05) is 0 Å². The molecule has 3 aromatic rings. The lowest BCUT2D eigenvalue weighted by Gasteiger charge is -2.13. The molecule has 0 unspecified atom stereocenters. The van der Waals surface area contributed by atoms with Gasteiger partial charge in [-0.25, -0.2) is 4.79 Å². The summed E-state index contributed by atoms with van der Waals surface area (Å²) in [6.45, 7) is 3.63. The number of benzene rings is 3. The maximum absolute atomic E-state index is 11.3. The van der Waals surface area contributed by atoms with E-state index in [1.54, 1.807) is 0 Å². The number of phenols is 1. The van der Waals surface area contributed by atoms with E-state index in [9.17, 15) is 15.0 Å². The summed E-state index contributed by atoms with van der Waals surface area (Å²) < 4.78 is 0. The van der Waals surface area contributed by atoms with Crippen LogP contribution in [-0.2, 0) is 4.79 Å². The van der Waals surface area contributed by atoms with Gasteiger partial charge in [-0.3, -0.25) is 4.99 Å². The van der Waals surface area contributed by atoms with E-state index in [0.717, 1.165) is 21.5 Å². The van der Waals surface area contributed by atoms with Crippen molar-refractivity contribution in [1.82, 2.24) is 0 Å². The summed E-state index contributed by atoms with van der Waals surface area (Å²) in [5.74, 6) is -0.973. The molecular formula is C20H19NO3. The van der Waals surface area contributed by atoms with Crippen LogP contribution in [0.25, 0.3) is 21.5 Å². The van der Waals surface area contributed by atoms with Gasteiger partial charge in [-0.15, -0.1) is 0 Å². The lowest BCUT2D eigenvalue weighted by Crippen LogP contribution is -2.24. The Bertz CT molecular complexity index is 944. The molecule has 3 aromatic carbocycles. The van der Waals surface area contributed by atoms with Gasteiger partial charge in [-0.1, -0.05) is 62.4 Å².